The summed E-state index contributed by atoms with van der Waals surface area (Å²) in [6, 6.07) is 6.86. The van der Waals surface area contributed by atoms with Gasteiger partial charge in [0.1, 0.15) is 29.8 Å². The minimum atomic E-state index is -1.71. The van der Waals surface area contributed by atoms with Gasteiger partial charge in [-0.25, -0.2) is 0 Å². The van der Waals surface area contributed by atoms with Crippen LogP contribution in [-0.4, -0.2) is 41.8 Å². The maximum absolute atomic E-state index is 10.1. The summed E-state index contributed by atoms with van der Waals surface area (Å²) in [7, 11) is 0. The van der Waals surface area contributed by atoms with Gasteiger partial charge in [0.05, 0.1) is 0 Å². The summed E-state index contributed by atoms with van der Waals surface area (Å²) < 4.78 is 0. The molecule has 7 heteroatoms. The molecule has 0 amide bonds. The average molecular weight is 308 g/mol. The highest BCUT2D eigenvalue weighted by Crippen LogP contribution is 2.35. The van der Waals surface area contributed by atoms with Gasteiger partial charge in [0.2, 0.25) is 0 Å². The minimum absolute atomic E-state index is 0.0696. The van der Waals surface area contributed by atoms with Crippen molar-refractivity contribution in [3.05, 3.63) is 47.5 Å². The number of aliphatic hydroxyl groups excluding tert-OH is 3. The third-order valence-electron chi connectivity index (χ3n) is 3.32. The molecule has 2 rings (SSSR count). The third-order valence-corrected chi connectivity index (χ3v) is 3.32. The van der Waals surface area contributed by atoms with Crippen LogP contribution in [0.3, 0.4) is 0 Å². The van der Waals surface area contributed by atoms with E-state index in [9.17, 15) is 35.7 Å². The highest BCUT2D eigenvalue weighted by molar-refractivity contribution is 5.43. The van der Waals surface area contributed by atoms with E-state index in [1.165, 1.54) is 18.2 Å². The Kier molecular flexibility index (Phi) is 4.41. The lowest BCUT2D eigenvalue weighted by Crippen LogP contribution is -2.26. The van der Waals surface area contributed by atoms with Gasteiger partial charge in [0.25, 0.3) is 0 Å². The van der Waals surface area contributed by atoms with Crippen LogP contribution in [0.1, 0.15) is 23.3 Å². The monoisotopic (exact) mass is 308 g/mol. The van der Waals surface area contributed by atoms with Gasteiger partial charge in [0.15, 0.2) is 11.5 Å². The third kappa shape index (κ3) is 3.06. The zero-order valence-corrected chi connectivity index (χ0v) is 11.3. The quantitative estimate of drug-likeness (QED) is 0.411. The summed E-state index contributed by atoms with van der Waals surface area (Å²) in [6.07, 6.45) is -4.92. The van der Waals surface area contributed by atoms with Gasteiger partial charge in [-0.1, -0.05) is 6.07 Å². The van der Waals surface area contributed by atoms with Crippen LogP contribution < -0.4 is 0 Å². The normalized spacial score (nSPS) is 15.2. The number of hydrogen-bond donors (Lipinski definition) is 7. The van der Waals surface area contributed by atoms with Gasteiger partial charge in [0, 0.05) is 11.6 Å². The molecule has 0 bridgehead atoms. The van der Waals surface area contributed by atoms with Crippen molar-refractivity contribution in [1.82, 2.24) is 0 Å². The first-order valence-electron chi connectivity index (χ1n) is 6.39. The Morgan fingerprint density at radius 3 is 1.91 bits per heavy atom. The second-order valence-corrected chi connectivity index (χ2v) is 4.87. The first-order chi connectivity index (χ1) is 10.3. The SMILES string of the molecule is Oc1ccc([C@H](O)[C@@H](O)[C@@H](O)c2ccc(O)c(O)c2)c(O)c1. The van der Waals surface area contributed by atoms with Crippen LogP contribution in [-0.2, 0) is 0 Å². The average Bonchev–Trinajstić information content (AvgIpc) is 2.48. The van der Waals surface area contributed by atoms with E-state index in [0.717, 1.165) is 18.2 Å². The second-order valence-electron chi connectivity index (χ2n) is 4.87. The molecule has 7 nitrogen and oxygen atoms in total. The summed E-state index contributed by atoms with van der Waals surface area (Å²) in [5.41, 5.74) is -0.00697. The molecule has 0 aliphatic heterocycles. The maximum atomic E-state index is 10.1. The molecule has 3 atom stereocenters. The molecule has 0 aromatic heterocycles. The zero-order valence-electron chi connectivity index (χ0n) is 11.3. The summed E-state index contributed by atoms with van der Waals surface area (Å²) in [4.78, 5) is 0. The number of phenols is 4. The topological polar surface area (TPSA) is 142 Å². The van der Waals surface area contributed by atoms with Crippen molar-refractivity contribution < 1.29 is 35.7 Å². The number of benzene rings is 2. The molecule has 0 fully saturated rings. The minimum Gasteiger partial charge on any atom is -0.508 e. The Bertz CT molecular complexity index is 671. The van der Waals surface area contributed by atoms with Crippen molar-refractivity contribution in [3.8, 4) is 23.0 Å². The van der Waals surface area contributed by atoms with Gasteiger partial charge >= 0.3 is 0 Å². The van der Waals surface area contributed by atoms with E-state index in [2.05, 4.69) is 0 Å². The van der Waals surface area contributed by atoms with Crippen LogP contribution in [0.5, 0.6) is 23.0 Å². The van der Waals surface area contributed by atoms with Gasteiger partial charge in [-0.2, -0.15) is 0 Å². The van der Waals surface area contributed by atoms with Crippen LogP contribution >= 0.6 is 0 Å². The highest BCUT2D eigenvalue weighted by Gasteiger charge is 2.29. The van der Waals surface area contributed by atoms with Crippen molar-refractivity contribution in [2.24, 2.45) is 0 Å². The molecule has 118 valence electrons. The summed E-state index contributed by atoms with van der Waals surface area (Å²) in [6.45, 7) is 0. The second kappa shape index (κ2) is 6.10. The Balaban J connectivity index is 2.25. The fraction of sp³-hybridized carbons (Fsp3) is 0.200. The predicted octanol–water partition coefficient (Wildman–Crippen LogP) is 0.637. The molecule has 0 spiro atoms. The molecule has 2 aromatic rings. The van der Waals surface area contributed by atoms with E-state index in [4.69, 9.17) is 0 Å². The predicted molar refractivity (Wildman–Crippen MR) is 75.5 cm³/mol. The molecule has 0 saturated carbocycles. The van der Waals surface area contributed by atoms with E-state index >= 15 is 0 Å². The highest BCUT2D eigenvalue weighted by atomic mass is 16.4. The van der Waals surface area contributed by atoms with Crippen LogP contribution in [0.15, 0.2) is 36.4 Å². The summed E-state index contributed by atoms with van der Waals surface area (Å²) >= 11 is 0. The van der Waals surface area contributed by atoms with Crippen LogP contribution in [0, 0.1) is 0 Å². The number of phenolic OH excluding ortho intramolecular Hbond substituents is 4. The molecule has 0 saturated heterocycles. The van der Waals surface area contributed by atoms with E-state index in [1.54, 1.807) is 0 Å². The molecular formula is C15H16O7. The van der Waals surface area contributed by atoms with Crippen molar-refractivity contribution in [2.45, 2.75) is 18.3 Å². The molecule has 0 unspecified atom stereocenters. The van der Waals surface area contributed by atoms with Gasteiger partial charge in [-0.05, 0) is 29.8 Å². The van der Waals surface area contributed by atoms with Crippen LogP contribution in [0.2, 0.25) is 0 Å². The number of aromatic hydroxyl groups is 4. The Hall–Kier alpha value is -2.48. The lowest BCUT2D eigenvalue weighted by molar-refractivity contribution is -0.0629. The molecule has 2 aromatic carbocycles. The van der Waals surface area contributed by atoms with Crippen molar-refractivity contribution in [2.75, 3.05) is 0 Å². The van der Waals surface area contributed by atoms with Gasteiger partial charge in [-0.15, -0.1) is 0 Å². The molecule has 7 N–H and O–H groups in total. The van der Waals surface area contributed by atoms with Crippen molar-refractivity contribution in [3.63, 3.8) is 0 Å². The van der Waals surface area contributed by atoms with Gasteiger partial charge in [-0.3, -0.25) is 0 Å². The van der Waals surface area contributed by atoms with Crippen LogP contribution in [0.25, 0.3) is 0 Å². The molecule has 22 heavy (non-hydrogen) atoms. The smallest absolute Gasteiger partial charge is 0.157 e. The lowest BCUT2D eigenvalue weighted by Gasteiger charge is -2.24. The zero-order chi connectivity index (χ0) is 16.4. The Morgan fingerprint density at radius 1 is 0.636 bits per heavy atom. The van der Waals surface area contributed by atoms with E-state index < -0.39 is 29.8 Å². The molecule has 0 aliphatic rings. The van der Waals surface area contributed by atoms with Crippen molar-refractivity contribution in [1.29, 1.82) is 0 Å². The fourth-order valence-electron chi connectivity index (χ4n) is 2.06. The summed E-state index contributed by atoms with van der Waals surface area (Å²) in [5.74, 6) is -1.52. The van der Waals surface area contributed by atoms with E-state index in [-0.39, 0.29) is 22.6 Å². The Labute approximate surface area is 125 Å². The number of rotatable bonds is 4. The molecule has 0 heterocycles. The lowest BCUT2D eigenvalue weighted by atomic mass is 9.95. The van der Waals surface area contributed by atoms with E-state index in [1.807, 2.05) is 0 Å². The maximum Gasteiger partial charge on any atom is 0.157 e. The van der Waals surface area contributed by atoms with Crippen LogP contribution in [0.4, 0.5) is 0 Å². The first-order valence-corrected chi connectivity index (χ1v) is 6.39. The molecular weight excluding hydrogens is 292 g/mol. The molecule has 0 radical (unpaired) electrons. The van der Waals surface area contributed by atoms with Crippen molar-refractivity contribution >= 4 is 0 Å². The largest absolute Gasteiger partial charge is 0.508 e. The van der Waals surface area contributed by atoms with Gasteiger partial charge < -0.3 is 35.7 Å². The molecule has 0 aliphatic carbocycles. The first kappa shape index (κ1) is 15.9. The number of hydrogen-bond acceptors (Lipinski definition) is 7. The Morgan fingerprint density at radius 2 is 1.32 bits per heavy atom. The van der Waals surface area contributed by atoms with E-state index in [0.29, 0.717) is 0 Å². The fourth-order valence-corrected chi connectivity index (χ4v) is 2.06. The summed E-state index contributed by atoms with van der Waals surface area (Å²) in [5, 5.41) is 67.6. The number of aliphatic hydroxyl groups is 3. The standard InChI is InChI=1S/C15H16O7/c16-8-2-3-9(11(18)6-8)14(21)15(22)13(20)7-1-4-10(17)12(19)5-7/h1-6,13-22H/t13-,14-,15-/m0/s1.